The van der Waals surface area contributed by atoms with E-state index in [2.05, 4.69) is 15.6 Å². The molecule has 1 aromatic heterocycles. The molecule has 0 aliphatic carbocycles. The smallest absolute Gasteiger partial charge is 0.269 e. The molecule has 0 fully saturated rings. The molecule has 1 amide bonds. The third-order valence-electron chi connectivity index (χ3n) is 2.27. The molecule has 100 valence electrons. The van der Waals surface area contributed by atoms with Gasteiger partial charge in [-0.1, -0.05) is 29.0 Å². The second-order valence-electron chi connectivity index (χ2n) is 3.53. The Labute approximate surface area is 117 Å². The number of hydrogen-bond acceptors (Lipinski definition) is 5. The van der Waals surface area contributed by atoms with E-state index in [4.69, 9.17) is 17.3 Å². The van der Waals surface area contributed by atoms with Crippen molar-refractivity contribution in [1.29, 1.82) is 0 Å². The van der Waals surface area contributed by atoms with Crippen LogP contribution in [0.2, 0.25) is 5.02 Å². The largest absolute Gasteiger partial charge is 0.382 e. The van der Waals surface area contributed by atoms with Crippen molar-refractivity contribution in [3.8, 4) is 0 Å². The summed E-state index contributed by atoms with van der Waals surface area (Å²) in [6.07, 6.45) is 0. The molecule has 0 atom stereocenters. The van der Waals surface area contributed by atoms with Crippen LogP contribution in [0.1, 0.15) is 9.67 Å². The molecule has 0 radical (unpaired) electrons. The molecule has 0 saturated heterocycles. The minimum Gasteiger partial charge on any atom is -0.382 e. The molecule has 8 heteroatoms. The van der Waals surface area contributed by atoms with Crippen molar-refractivity contribution in [3.05, 3.63) is 33.9 Å². The summed E-state index contributed by atoms with van der Waals surface area (Å²) in [5.74, 6) is -1.08. The number of nitrogens with one attached hydrogen (secondary N) is 2. The molecular formula is C11H10ClFN4OS. The van der Waals surface area contributed by atoms with E-state index in [0.717, 1.165) is 11.3 Å². The van der Waals surface area contributed by atoms with Gasteiger partial charge in [-0.2, -0.15) is 0 Å². The fourth-order valence-corrected chi connectivity index (χ4v) is 2.33. The quantitative estimate of drug-likeness (QED) is 0.814. The van der Waals surface area contributed by atoms with Crippen LogP contribution >= 0.6 is 22.9 Å². The van der Waals surface area contributed by atoms with Crippen molar-refractivity contribution in [3.63, 3.8) is 0 Å². The van der Waals surface area contributed by atoms with E-state index >= 15 is 0 Å². The monoisotopic (exact) mass is 300 g/mol. The number of para-hydroxylation sites is 1. The van der Waals surface area contributed by atoms with Crippen molar-refractivity contribution in [2.45, 2.75) is 0 Å². The first kappa shape index (κ1) is 13.6. The van der Waals surface area contributed by atoms with Crippen molar-refractivity contribution in [1.82, 2.24) is 4.98 Å². The summed E-state index contributed by atoms with van der Waals surface area (Å²) in [5.41, 5.74) is 5.54. The van der Waals surface area contributed by atoms with Gasteiger partial charge in [0, 0.05) is 7.05 Å². The highest BCUT2D eigenvalue weighted by Gasteiger charge is 2.18. The first-order chi connectivity index (χ1) is 9.02. The average molecular weight is 301 g/mol. The number of aromatic nitrogens is 1. The topological polar surface area (TPSA) is 80.0 Å². The third-order valence-corrected chi connectivity index (χ3v) is 3.68. The van der Waals surface area contributed by atoms with Gasteiger partial charge in [0.2, 0.25) is 0 Å². The van der Waals surface area contributed by atoms with Crippen molar-refractivity contribution < 1.29 is 9.18 Å². The van der Waals surface area contributed by atoms with Crippen LogP contribution in [-0.4, -0.2) is 17.9 Å². The molecule has 1 heterocycles. The lowest BCUT2D eigenvalue weighted by Crippen LogP contribution is -2.13. The summed E-state index contributed by atoms with van der Waals surface area (Å²) in [4.78, 5) is 16.1. The van der Waals surface area contributed by atoms with Crippen LogP contribution in [0.3, 0.4) is 0 Å². The molecule has 0 saturated carbocycles. The molecule has 0 unspecified atom stereocenters. The second kappa shape index (κ2) is 5.41. The van der Waals surface area contributed by atoms with Gasteiger partial charge in [0.25, 0.3) is 5.91 Å². The number of nitrogens with zero attached hydrogens (tertiary/aromatic N) is 1. The predicted molar refractivity (Wildman–Crippen MR) is 75.4 cm³/mol. The zero-order valence-electron chi connectivity index (χ0n) is 9.83. The Morgan fingerprint density at radius 2 is 2.26 bits per heavy atom. The summed E-state index contributed by atoms with van der Waals surface area (Å²) in [7, 11) is 1.66. The lowest BCUT2D eigenvalue weighted by molar-refractivity contribution is 0.103. The molecule has 0 aliphatic rings. The predicted octanol–water partition coefficient (Wildman–Crippen LogP) is 2.81. The normalized spacial score (nSPS) is 10.3. The minimum absolute atomic E-state index is 0.0759. The molecule has 0 bridgehead atoms. The van der Waals surface area contributed by atoms with E-state index in [1.807, 2.05) is 0 Å². The highest BCUT2D eigenvalue weighted by molar-refractivity contribution is 7.18. The molecule has 1 aromatic carbocycles. The van der Waals surface area contributed by atoms with Gasteiger partial charge in [0.1, 0.15) is 16.5 Å². The van der Waals surface area contributed by atoms with Gasteiger partial charge >= 0.3 is 0 Å². The summed E-state index contributed by atoms with van der Waals surface area (Å²) < 4.78 is 13.5. The molecule has 0 spiro atoms. The number of carbonyl (C=O) groups is 1. The zero-order valence-corrected chi connectivity index (χ0v) is 11.4. The SMILES string of the molecule is CNc1nc(N)c(C(=O)Nc2c(F)cccc2Cl)s1. The Bertz CT molecular complexity index is 611. The highest BCUT2D eigenvalue weighted by Crippen LogP contribution is 2.28. The molecule has 4 N–H and O–H groups in total. The Morgan fingerprint density at radius 1 is 1.53 bits per heavy atom. The van der Waals surface area contributed by atoms with Gasteiger partial charge in [-0.3, -0.25) is 4.79 Å². The fourth-order valence-electron chi connectivity index (χ4n) is 1.39. The van der Waals surface area contributed by atoms with Crippen LogP contribution in [0.15, 0.2) is 18.2 Å². The number of anilines is 3. The maximum Gasteiger partial charge on any atom is 0.269 e. The molecule has 0 aliphatic heterocycles. The number of thiazole rings is 1. The van der Waals surface area contributed by atoms with E-state index in [1.54, 1.807) is 7.05 Å². The Morgan fingerprint density at radius 3 is 2.84 bits per heavy atom. The van der Waals surface area contributed by atoms with Gasteiger partial charge < -0.3 is 16.4 Å². The maximum atomic E-state index is 13.5. The van der Waals surface area contributed by atoms with Gasteiger partial charge in [-0.15, -0.1) is 0 Å². The van der Waals surface area contributed by atoms with E-state index in [0.29, 0.717) is 5.13 Å². The lowest BCUT2D eigenvalue weighted by Gasteiger charge is -2.07. The summed E-state index contributed by atoms with van der Waals surface area (Å²) in [6.45, 7) is 0. The maximum absolute atomic E-state index is 13.5. The van der Waals surface area contributed by atoms with Crippen molar-refractivity contribution in [2.24, 2.45) is 0 Å². The number of carbonyl (C=O) groups excluding carboxylic acids is 1. The summed E-state index contributed by atoms with van der Waals surface area (Å²) >= 11 is 6.90. The number of benzene rings is 1. The summed E-state index contributed by atoms with van der Waals surface area (Å²) in [5, 5.41) is 5.78. The zero-order chi connectivity index (χ0) is 14.0. The van der Waals surface area contributed by atoms with Crippen LogP contribution in [0.4, 0.5) is 21.0 Å². The van der Waals surface area contributed by atoms with Crippen LogP contribution in [0, 0.1) is 5.82 Å². The summed E-state index contributed by atoms with van der Waals surface area (Å²) in [6, 6.07) is 4.14. The van der Waals surface area contributed by atoms with Crippen molar-refractivity contribution >= 4 is 45.5 Å². The van der Waals surface area contributed by atoms with Crippen LogP contribution in [-0.2, 0) is 0 Å². The molecule has 2 rings (SSSR count). The molecular weight excluding hydrogens is 291 g/mol. The highest BCUT2D eigenvalue weighted by atomic mass is 35.5. The van der Waals surface area contributed by atoms with E-state index in [1.165, 1.54) is 18.2 Å². The second-order valence-corrected chi connectivity index (χ2v) is 4.94. The molecule has 19 heavy (non-hydrogen) atoms. The molecule has 2 aromatic rings. The van der Waals surface area contributed by atoms with Gasteiger partial charge in [-0.25, -0.2) is 9.37 Å². The van der Waals surface area contributed by atoms with Gasteiger partial charge in [0.05, 0.1) is 10.7 Å². The number of amides is 1. The van der Waals surface area contributed by atoms with E-state index in [9.17, 15) is 9.18 Å². The minimum atomic E-state index is -0.613. The van der Waals surface area contributed by atoms with Gasteiger partial charge in [-0.05, 0) is 12.1 Å². The van der Waals surface area contributed by atoms with E-state index < -0.39 is 11.7 Å². The standard InChI is InChI=1S/C11H10ClFN4OS/c1-15-11-17-9(14)8(19-11)10(18)16-7-5(12)3-2-4-6(7)13/h2-4H,14H2,1H3,(H,15,17)(H,16,18). The third kappa shape index (κ3) is 2.77. The van der Waals surface area contributed by atoms with Crippen molar-refractivity contribution in [2.75, 3.05) is 23.4 Å². The lowest BCUT2D eigenvalue weighted by atomic mass is 10.3. The van der Waals surface area contributed by atoms with Crippen LogP contribution < -0.4 is 16.4 Å². The number of halogens is 2. The molecule has 5 nitrogen and oxygen atoms in total. The number of nitrogens with two attached hydrogens (primary N) is 1. The van der Waals surface area contributed by atoms with E-state index in [-0.39, 0.29) is 21.4 Å². The first-order valence-corrected chi connectivity index (χ1v) is 6.41. The number of nitrogen functional groups attached to an aromatic ring is 1. The Hall–Kier alpha value is -1.86. The Kier molecular flexibility index (Phi) is 3.87. The number of hydrogen-bond donors (Lipinski definition) is 3. The first-order valence-electron chi connectivity index (χ1n) is 5.22. The van der Waals surface area contributed by atoms with Gasteiger partial charge in [0.15, 0.2) is 5.13 Å². The van der Waals surface area contributed by atoms with Crippen LogP contribution in [0.25, 0.3) is 0 Å². The fraction of sp³-hybridized carbons (Fsp3) is 0.0909. The van der Waals surface area contributed by atoms with Crippen LogP contribution in [0.5, 0.6) is 0 Å². The number of rotatable bonds is 3. The Balaban J connectivity index is 2.28. The average Bonchev–Trinajstić information content (AvgIpc) is 2.75.